The molecule has 0 fully saturated rings. The van der Waals surface area contributed by atoms with E-state index in [0.29, 0.717) is 0 Å². The number of hydrogen-bond donors (Lipinski definition) is 2. The number of rotatable bonds is 6. The molecule has 106 valence electrons. The second kappa shape index (κ2) is 7.70. The van der Waals surface area contributed by atoms with Gasteiger partial charge in [-0.05, 0) is 43.2 Å². The smallest absolute Gasteiger partial charge is 0.0408 e. The maximum absolute atomic E-state index is 6.00. The van der Waals surface area contributed by atoms with Crippen molar-refractivity contribution in [3.63, 3.8) is 0 Å². The van der Waals surface area contributed by atoms with Gasteiger partial charge in [-0.1, -0.05) is 41.4 Å². The summed E-state index contributed by atoms with van der Waals surface area (Å²) in [6.07, 6.45) is 0.871. The van der Waals surface area contributed by atoms with Crippen LogP contribution in [0, 0.1) is 6.92 Å². The Morgan fingerprint density at radius 1 is 1.20 bits per heavy atom. The second-order valence-corrected chi connectivity index (χ2v) is 6.35. The molecule has 0 amide bonds. The first-order valence-electron chi connectivity index (χ1n) is 6.57. The largest absolute Gasteiger partial charge is 0.271 e. The highest BCUT2D eigenvalue weighted by atomic mass is 35.5. The van der Waals surface area contributed by atoms with Crippen molar-refractivity contribution in [3.8, 4) is 0 Å². The van der Waals surface area contributed by atoms with Gasteiger partial charge in [0.05, 0.1) is 0 Å². The molecule has 0 bridgehead atoms. The summed E-state index contributed by atoms with van der Waals surface area (Å²) in [7, 11) is 0. The van der Waals surface area contributed by atoms with Crippen molar-refractivity contribution in [3.05, 3.63) is 64.7 Å². The van der Waals surface area contributed by atoms with E-state index in [1.807, 2.05) is 30.0 Å². The Kier molecular flexibility index (Phi) is 5.92. The van der Waals surface area contributed by atoms with Crippen LogP contribution in [0.2, 0.25) is 5.02 Å². The number of benzene rings is 2. The summed E-state index contributed by atoms with van der Waals surface area (Å²) < 4.78 is 0. The van der Waals surface area contributed by atoms with Crippen molar-refractivity contribution in [1.82, 2.24) is 5.43 Å². The van der Waals surface area contributed by atoms with Crippen molar-refractivity contribution in [2.75, 3.05) is 5.75 Å². The topological polar surface area (TPSA) is 38.0 Å². The van der Waals surface area contributed by atoms with Gasteiger partial charge in [0.1, 0.15) is 0 Å². The number of thioether (sulfide) groups is 1. The molecular weight excluding hydrogens is 288 g/mol. The minimum Gasteiger partial charge on any atom is -0.271 e. The molecule has 2 aromatic carbocycles. The molecular formula is C16H19ClN2S. The van der Waals surface area contributed by atoms with Gasteiger partial charge >= 0.3 is 0 Å². The molecule has 20 heavy (non-hydrogen) atoms. The first kappa shape index (κ1) is 15.4. The molecule has 0 spiro atoms. The monoisotopic (exact) mass is 306 g/mol. The number of hydrogen-bond acceptors (Lipinski definition) is 3. The minimum absolute atomic E-state index is 0.221. The van der Waals surface area contributed by atoms with Crippen LogP contribution >= 0.6 is 23.4 Å². The highest BCUT2D eigenvalue weighted by Crippen LogP contribution is 2.21. The minimum atomic E-state index is 0.221. The molecule has 0 heterocycles. The lowest BCUT2D eigenvalue weighted by molar-refractivity contribution is 0.575. The van der Waals surface area contributed by atoms with E-state index in [1.54, 1.807) is 0 Å². The normalized spacial score (nSPS) is 12.3. The highest BCUT2D eigenvalue weighted by Gasteiger charge is 2.09. The summed E-state index contributed by atoms with van der Waals surface area (Å²) in [5.74, 6) is 6.58. The first-order chi connectivity index (χ1) is 9.67. The molecule has 0 saturated carbocycles. The molecule has 2 nitrogen and oxygen atoms in total. The average molecular weight is 307 g/mol. The third-order valence-electron chi connectivity index (χ3n) is 3.05. The fraction of sp³-hybridized carbons (Fsp3) is 0.250. The van der Waals surface area contributed by atoms with Crippen LogP contribution in [0.3, 0.4) is 0 Å². The summed E-state index contributed by atoms with van der Waals surface area (Å²) >= 11 is 7.82. The number of hydrazine groups is 1. The van der Waals surface area contributed by atoms with Crippen LogP contribution in [-0.2, 0) is 6.42 Å². The summed E-state index contributed by atoms with van der Waals surface area (Å²) in [5, 5.41) is 0.768. The van der Waals surface area contributed by atoms with Crippen molar-refractivity contribution in [2.24, 2.45) is 5.84 Å². The summed E-state index contributed by atoms with van der Waals surface area (Å²) in [6, 6.07) is 16.7. The lowest BCUT2D eigenvalue weighted by atomic mass is 10.1. The third kappa shape index (κ3) is 4.84. The SMILES string of the molecule is Cc1cccc(SCC(Cc2cccc(Cl)c2)NN)c1. The van der Waals surface area contributed by atoms with Crippen molar-refractivity contribution >= 4 is 23.4 Å². The Morgan fingerprint density at radius 2 is 2.00 bits per heavy atom. The molecule has 2 rings (SSSR count). The fourth-order valence-corrected chi connectivity index (χ4v) is 3.28. The Bertz CT molecular complexity index is 560. The van der Waals surface area contributed by atoms with E-state index in [0.717, 1.165) is 17.2 Å². The van der Waals surface area contributed by atoms with Gasteiger partial charge < -0.3 is 0 Å². The zero-order chi connectivity index (χ0) is 14.4. The van der Waals surface area contributed by atoms with Crippen molar-refractivity contribution < 1.29 is 0 Å². The molecule has 0 saturated heterocycles. The van der Waals surface area contributed by atoms with E-state index in [2.05, 4.69) is 42.7 Å². The van der Waals surface area contributed by atoms with Gasteiger partial charge in [0.15, 0.2) is 0 Å². The lowest BCUT2D eigenvalue weighted by Gasteiger charge is -2.16. The Balaban J connectivity index is 1.92. The van der Waals surface area contributed by atoms with Gasteiger partial charge in [-0.3, -0.25) is 11.3 Å². The standard InChI is InChI=1S/C16H19ClN2S/c1-12-4-2-7-16(8-12)20-11-15(19-18)10-13-5-3-6-14(17)9-13/h2-9,15,19H,10-11,18H2,1H3. The van der Waals surface area contributed by atoms with E-state index in [9.17, 15) is 0 Å². The number of halogens is 1. The van der Waals surface area contributed by atoms with Gasteiger partial charge in [-0.25, -0.2) is 0 Å². The summed E-state index contributed by atoms with van der Waals surface area (Å²) in [5.41, 5.74) is 5.37. The van der Waals surface area contributed by atoms with Gasteiger partial charge in [0.25, 0.3) is 0 Å². The van der Waals surface area contributed by atoms with E-state index < -0.39 is 0 Å². The lowest BCUT2D eigenvalue weighted by Crippen LogP contribution is -2.38. The quantitative estimate of drug-likeness (QED) is 0.484. The highest BCUT2D eigenvalue weighted by molar-refractivity contribution is 7.99. The predicted octanol–water partition coefficient (Wildman–Crippen LogP) is 3.82. The third-order valence-corrected chi connectivity index (χ3v) is 4.44. The van der Waals surface area contributed by atoms with Gasteiger partial charge in [-0.15, -0.1) is 11.8 Å². The van der Waals surface area contributed by atoms with E-state index >= 15 is 0 Å². The average Bonchev–Trinajstić information content (AvgIpc) is 2.43. The molecule has 0 radical (unpaired) electrons. The molecule has 0 aliphatic heterocycles. The molecule has 0 aromatic heterocycles. The summed E-state index contributed by atoms with van der Waals surface area (Å²) in [4.78, 5) is 1.27. The second-order valence-electron chi connectivity index (χ2n) is 4.83. The molecule has 4 heteroatoms. The van der Waals surface area contributed by atoms with Crippen LogP contribution in [0.4, 0.5) is 0 Å². The maximum Gasteiger partial charge on any atom is 0.0408 e. The first-order valence-corrected chi connectivity index (χ1v) is 7.94. The molecule has 2 aromatic rings. The van der Waals surface area contributed by atoms with Crippen LogP contribution in [0.25, 0.3) is 0 Å². The molecule has 3 N–H and O–H groups in total. The van der Waals surface area contributed by atoms with Crippen LogP contribution in [-0.4, -0.2) is 11.8 Å². The van der Waals surface area contributed by atoms with E-state index in [4.69, 9.17) is 17.4 Å². The Hall–Kier alpha value is -1.00. The molecule has 0 aliphatic carbocycles. The van der Waals surface area contributed by atoms with Crippen LogP contribution in [0.1, 0.15) is 11.1 Å². The number of nitrogens with one attached hydrogen (secondary N) is 1. The zero-order valence-electron chi connectivity index (χ0n) is 11.5. The van der Waals surface area contributed by atoms with Crippen molar-refractivity contribution in [2.45, 2.75) is 24.3 Å². The van der Waals surface area contributed by atoms with Crippen LogP contribution in [0.5, 0.6) is 0 Å². The molecule has 1 atom stereocenters. The van der Waals surface area contributed by atoms with E-state index in [-0.39, 0.29) is 6.04 Å². The van der Waals surface area contributed by atoms with Gasteiger partial charge in [0.2, 0.25) is 0 Å². The Labute approximate surface area is 129 Å². The molecule has 0 aliphatic rings. The number of nitrogens with two attached hydrogens (primary N) is 1. The Morgan fingerprint density at radius 3 is 2.70 bits per heavy atom. The number of aryl methyl sites for hydroxylation is 1. The van der Waals surface area contributed by atoms with Crippen molar-refractivity contribution in [1.29, 1.82) is 0 Å². The predicted molar refractivity (Wildman–Crippen MR) is 88.2 cm³/mol. The van der Waals surface area contributed by atoms with Crippen LogP contribution in [0.15, 0.2) is 53.4 Å². The van der Waals surface area contributed by atoms with Gasteiger partial charge in [0, 0.05) is 21.7 Å². The fourth-order valence-electron chi connectivity index (χ4n) is 2.02. The van der Waals surface area contributed by atoms with Gasteiger partial charge in [-0.2, -0.15) is 0 Å². The zero-order valence-corrected chi connectivity index (χ0v) is 13.0. The van der Waals surface area contributed by atoms with E-state index in [1.165, 1.54) is 16.0 Å². The van der Waals surface area contributed by atoms with Crippen LogP contribution < -0.4 is 11.3 Å². The maximum atomic E-state index is 6.00. The summed E-state index contributed by atoms with van der Waals surface area (Å²) in [6.45, 7) is 2.11. The molecule has 1 unspecified atom stereocenters.